The van der Waals surface area contributed by atoms with Crippen molar-refractivity contribution in [2.45, 2.75) is 69.2 Å². The number of carbonyl (C=O) groups is 1. The van der Waals surface area contributed by atoms with Crippen LogP contribution in [0.1, 0.15) is 58.3 Å². The summed E-state index contributed by atoms with van der Waals surface area (Å²) in [7, 11) is 0. The van der Waals surface area contributed by atoms with E-state index in [1.54, 1.807) is 0 Å². The number of carbonyl (C=O) groups excluding carboxylic acids is 1. The summed E-state index contributed by atoms with van der Waals surface area (Å²) in [6.07, 6.45) is 9.51. The first-order valence-corrected chi connectivity index (χ1v) is 9.18. The molecule has 0 aromatic rings. The summed E-state index contributed by atoms with van der Waals surface area (Å²) >= 11 is 3.45. The Balaban J connectivity index is 1.76. The standard InChI is InChI=1S/C16H28BrNO2/c1-2-3-8-14(17)16(19)20-12-13-7-6-11-18-10-5-4-9-15(13)18/h13-15H,2-12H2,1H3/t13-,14+,15+/m0/s1. The fourth-order valence-electron chi connectivity index (χ4n) is 3.55. The first-order valence-electron chi connectivity index (χ1n) is 8.27. The summed E-state index contributed by atoms with van der Waals surface area (Å²) in [5.74, 6) is 0.491. The molecule has 3 atom stereocenters. The zero-order chi connectivity index (χ0) is 14.4. The molecule has 4 heteroatoms. The van der Waals surface area contributed by atoms with Gasteiger partial charge >= 0.3 is 5.97 Å². The summed E-state index contributed by atoms with van der Waals surface area (Å²) in [6, 6.07) is 0.662. The van der Waals surface area contributed by atoms with E-state index in [0.29, 0.717) is 18.6 Å². The Morgan fingerprint density at radius 2 is 2.10 bits per heavy atom. The van der Waals surface area contributed by atoms with E-state index in [1.165, 1.54) is 45.2 Å². The van der Waals surface area contributed by atoms with Crippen LogP contribution >= 0.6 is 15.9 Å². The summed E-state index contributed by atoms with van der Waals surface area (Å²) in [6.45, 7) is 5.25. The third kappa shape index (κ3) is 4.45. The van der Waals surface area contributed by atoms with Crippen molar-refractivity contribution in [2.24, 2.45) is 5.92 Å². The van der Waals surface area contributed by atoms with Crippen LogP contribution in [-0.2, 0) is 9.53 Å². The molecule has 0 aromatic carbocycles. The number of halogens is 1. The third-order valence-electron chi connectivity index (χ3n) is 4.74. The minimum Gasteiger partial charge on any atom is -0.464 e. The quantitative estimate of drug-likeness (QED) is 0.542. The number of alkyl halides is 1. The van der Waals surface area contributed by atoms with Gasteiger partial charge in [-0.15, -0.1) is 0 Å². The normalized spacial score (nSPS) is 28.7. The first-order chi connectivity index (χ1) is 9.72. The smallest absolute Gasteiger partial charge is 0.319 e. The van der Waals surface area contributed by atoms with E-state index in [1.807, 2.05) is 0 Å². The molecule has 3 nitrogen and oxygen atoms in total. The van der Waals surface area contributed by atoms with Crippen molar-refractivity contribution in [3.05, 3.63) is 0 Å². The van der Waals surface area contributed by atoms with Crippen molar-refractivity contribution in [3.8, 4) is 0 Å². The van der Waals surface area contributed by atoms with E-state index in [0.717, 1.165) is 19.3 Å². The second-order valence-corrected chi connectivity index (χ2v) is 7.35. The fourth-order valence-corrected chi connectivity index (χ4v) is 4.01. The highest BCUT2D eigenvalue weighted by Gasteiger charge is 2.33. The van der Waals surface area contributed by atoms with Crippen molar-refractivity contribution in [3.63, 3.8) is 0 Å². The molecule has 0 aliphatic carbocycles. The lowest BCUT2D eigenvalue weighted by Crippen LogP contribution is -2.49. The Kier molecular flexibility index (Phi) is 6.82. The highest BCUT2D eigenvalue weighted by molar-refractivity contribution is 9.10. The first kappa shape index (κ1) is 16.3. The minimum absolute atomic E-state index is 0.0635. The number of ether oxygens (including phenoxy) is 1. The third-order valence-corrected chi connectivity index (χ3v) is 5.57. The number of piperidine rings is 2. The molecule has 0 amide bonds. The lowest BCUT2D eigenvalue weighted by molar-refractivity contribution is -0.146. The van der Waals surface area contributed by atoms with Crippen LogP contribution in [0.25, 0.3) is 0 Å². The van der Waals surface area contributed by atoms with Crippen molar-refractivity contribution in [2.75, 3.05) is 19.7 Å². The second kappa shape index (κ2) is 8.38. The maximum absolute atomic E-state index is 12.0. The van der Waals surface area contributed by atoms with Gasteiger partial charge in [-0.25, -0.2) is 0 Å². The Hall–Kier alpha value is -0.0900. The average Bonchev–Trinajstić information content (AvgIpc) is 2.50. The maximum atomic E-state index is 12.0. The van der Waals surface area contributed by atoms with Crippen LogP contribution in [0.2, 0.25) is 0 Å². The largest absolute Gasteiger partial charge is 0.464 e. The molecule has 20 heavy (non-hydrogen) atoms. The lowest BCUT2D eigenvalue weighted by Gasteiger charge is -2.44. The molecular weight excluding hydrogens is 318 g/mol. The van der Waals surface area contributed by atoms with Gasteiger partial charge in [-0.05, 0) is 45.2 Å². The number of rotatable bonds is 6. The van der Waals surface area contributed by atoms with Crippen LogP contribution < -0.4 is 0 Å². The van der Waals surface area contributed by atoms with Gasteiger partial charge in [0.05, 0.1) is 6.61 Å². The van der Waals surface area contributed by atoms with Gasteiger partial charge in [0, 0.05) is 12.0 Å². The Morgan fingerprint density at radius 3 is 2.90 bits per heavy atom. The number of esters is 1. The van der Waals surface area contributed by atoms with Gasteiger partial charge in [-0.2, -0.15) is 0 Å². The van der Waals surface area contributed by atoms with Crippen LogP contribution in [0.3, 0.4) is 0 Å². The van der Waals surface area contributed by atoms with Crippen molar-refractivity contribution in [1.29, 1.82) is 0 Å². The monoisotopic (exact) mass is 345 g/mol. The molecular formula is C16H28BrNO2. The Bertz CT molecular complexity index is 309. The predicted molar refractivity (Wildman–Crippen MR) is 85.1 cm³/mol. The van der Waals surface area contributed by atoms with Gasteiger partial charge < -0.3 is 4.74 Å². The fraction of sp³-hybridized carbons (Fsp3) is 0.938. The van der Waals surface area contributed by atoms with Gasteiger partial charge in [0.2, 0.25) is 0 Å². The molecule has 0 saturated carbocycles. The van der Waals surface area contributed by atoms with E-state index >= 15 is 0 Å². The van der Waals surface area contributed by atoms with Gasteiger partial charge in [-0.1, -0.05) is 42.1 Å². The molecule has 2 saturated heterocycles. The van der Waals surface area contributed by atoms with E-state index in [9.17, 15) is 4.79 Å². The zero-order valence-electron chi connectivity index (χ0n) is 12.7. The van der Waals surface area contributed by atoms with Crippen molar-refractivity contribution < 1.29 is 9.53 Å². The SMILES string of the molecule is CCCC[C@@H](Br)C(=O)OC[C@@H]1CCCN2CCCC[C@H]12. The molecule has 2 fully saturated rings. The van der Waals surface area contributed by atoms with E-state index < -0.39 is 0 Å². The van der Waals surface area contributed by atoms with Crippen LogP contribution in [-0.4, -0.2) is 41.4 Å². The van der Waals surface area contributed by atoms with Crippen LogP contribution in [0.5, 0.6) is 0 Å². The topological polar surface area (TPSA) is 29.5 Å². The Morgan fingerprint density at radius 1 is 1.30 bits per heavy atom. The van der Waals surface area contributed by atoms with E-state index in [4.69, 9.17) is 4.74 Å². The van der Waals surface area contributed by atoms with E-state index in [-0.39, 0.29) is 10.8 Å². The second-order valence-electron chi connectivity index (χ2n) is 6.24. The molecule has 0 radical (unpaired) electrons. The molecule has 2 aliphatic rings. The summed E-state index contributed by atoms with van der Waals surface area (Å²) in [4.78, 5) is 14.5. The molecule has 0 N–H and O–H groups in total. The number of fused-ring (bicyclic) bond motifs is 1. The van der Waals surface area contributed by atoms with Gasteiger partial charge in [0.15, 0.2) is 0 Å². The highest BCUT2D eigenvalue weighted by atomic mass is 79.9. The number of hydrogen-bond donors (Lipinski definition) is 0. The van der Waals surface area contributed by atoms with Gasteiger partial charge in [0.1, 0.15) is 4.83 Å². The number of nitrogens with zero attached hydrogens (tertiary/aromatic N) is 1. The summed E-state index contributed by atoms with van der Waals surface area (Å²) in [5, 5.41) is 0. The van der Waals surface area contributed by atoms with Gasteiger partial charge in [0.25, 0.3) is 0 Å². The molecule has 0 aromatic heterocycles. The number of hydrogen-bond acceptors (Lipinski definition) is 3. The van der Waals surface area contributed by atoms with Crippen molar-refractivity contribution >= 4 is 21.9 Å². The van der Waals surface area contributed by atoms with Crippen molar-refractivity contribution in [1.82, 2.24) is 4.90 Å². The zero-order valence-corrected chi connectivity index (χ0v) is 14.2. The molecule has 2 aliphatic heterocycles. The van der Waals surface area contributed by atoms with Crippen LogP contribution in [0, 0.1) is 5.92 Å². The van der Waals surface area contributed by atoms with E-state index in [2.05, 4.69) is 27.8 Å². The Labute approximate surface area is 131 Å². The molecule has 0 unspecified atom stereocenters. The number of unbranched alkanes of at least 4 members (excludes halogenated alkanes) is 1. The molecule has 2 heterocycles. The summed E-state index contributed by atoms with van der Waals surface area (Å²) in [5.41, 5.74) is 0. The lowest BCUT2D eigenvalue weighted by atomic mass is 9.84. The maximum Gasteiger partial charge on any atom is 0.319 e. The average molecular weight is 346 g/mol. The van der Waals surface area contributed by atoms with Crippen LogP contribution in [0.15, 0.2) is 0 Å². The molecule has 0 spiro atoms. The highest BCUT2D eigenvalue weighted by Crippen LogP contribution is 2.31. The summed E-state index contributed by atoms with van der Waals surface area (Å²) < 4.78 is 5.58. The van der Waals surface area contributed by atoms with Crippen LogP contribution in [0.4, 0.5) is 0 Å². The molecule has 116 valence electrons. The minimum atomic E-state index is -0.117. The molecule has 0 bridgehead atoms. The molecule has 2 rings (SSSR count). The predicted octanol–water partition coefficient (Wildman–Crippen LogP) is 3.75. The van der Waals surface area contributed by atoms with Gasteiger partial charge in [-0.3, -0.25) is 9.69 Å².